The molecule has 3 nitrogen and oxygen atoms in total. The van der Waals surface area contributed by atoms with E-state index in [0.717, 1.165) is 9.35 Å². The van der Waals surface area contributed by atoms with Crippen molar-refractivity contribution in [3.05, 3.63) is 39.2 Å². The van der Waals surface area contributed by atoms with Gasteiger partial charge in [0.1, 0.15) is 11.6 Å². The van der Waals surface area contributed by atoms with Crippen LogP contribution in [0.25, 0.3) is 22.3 Å². The molecule has 0 atom stereocenters. The number of thiophene rings is 1. The lowest BCUT2D eigenvalue weighted by Gasteiger charge is -2.04. The van der Waals surface area contributed by atoms with Gasteiger partial charge in [-0.15, -0.1) is 11.3 Å². The number of rotatable bonds is 1. The number of hydrogen-bond donors (Lipinski definition) is 1. The Bertz CT molecular complexity index is 741. The number of halogens is 2. The molecule has 6 heteroatoms. The van der Waals surface area contributed by atoms with Crippen molar-refractivity contribution in [2.45, 2.75) is 0 Å². The van der Waals surface area contributed by atoms with Crippen molar-refractivity contribution >= 4 is 44.0 Å². The van der Waals surface area contributed by atoms with Gasteiger partial charge < -0.3 is 5.73 Å². The Balaban J connectivity index is 2.24. The highest BCUT2D eigenvalue weighted by atomic mass is 79.9. The summed E-state index contributed by atoms with van der Waals surface area (Å²) in [6.45, 7) is 0. The first-order valence-electron chi connectivity index (χ1n) is 5.10. The largest absolute Gasteiger partial charge is 0.383 e. The quantitative estimate of drug-likeness (QED) is 0.740. The van der Waals surface area contributed by atoms with E-state index in [1.807, 2.05) is 11.4 Å². The number of hydrogen-bond acceptors (Lipinski definition) is 4. The van der Waals surface area contributed by atoms with Gasteiger partial charge in [0.25, 0.3) is 0 Å². The molecule has 0 bridgehead atoms. The molecule has 3 aromatic rings. The minimum atomic E-state index is -0.344. The van der Waals surface area contributed by atoms with Crippen molar-refractivity contribution in [2.75, 3.05) is 5.73 Å². The van der Waals surface area contributed by atoms with Gasteiger partial charge in [-0.05, 0) is 40.2 Å². The Morgan fingerprint density at radius 2 is 2.06 bits per heavy atom. The second kappa shape index (κ2) is 4.29. The molecule has 0 saturated heterocycles. The molecule has 1 aromatic carbocycles. The van der Waals surface area contributed by atoms with Crippen molar-refractivity contribution in [2.24, 2.45) is 0 Å². The van der Waals surface area contributed by atoms with E-state index in [1.165, 1.54) is 12.1 Å². The van der Waals surface area contributed by atoms with Crippen molar-refractivity contribution in [1.82, 2.24) is 9.97 Å². The van der Waals surface area contributed by atoms with Crippen LogP contribution in [0.2, 0.25) is 0 Å². The third-order valence-electron chi connectivity index (χ3n) is 2.51. The number of nitrogens with two attached hydrogens (primary N) is 1. The average molecular weight is 324 g/mol. The molecule has 90 valence electrons. The summed E-state index contributed by atoms with van der Waals surface area (Å²) in [5, 5.41) is 2.47. The summed E-state index contributed by atoms with van der Waals surface area (Å²) in [6.07, 6.45) is 0. The molecule has 3 rings (SSSR count). The molecule has 0 saturated carbocycles. The molecular formula is C12H7BrFN3S. The molecule has 18 heavy (non-hydrogen) atoms. The van der Waals surface area contributed by atoms with Gasteiger partial charge in [-0.25, -0.2) is 14.4 Å². The first kappa shape index (κ1) is 11.6. The first-order valence-corrected chi connectivity index (χ1v) is 6.78. The van der Waals surface area contributed by atoms with E-state index in [0.29, 0.717) is 16.7 Å². The lowest BCUT2D eigenvalue weighted by Crippen LogP contribution is -1.97. The van der Waals surface area contributed by atoms with Crippen LogP contribution in [0.1, 0.15) is 0 Å². The maximum absolute atomic E-state index is 13.1. The predicted molar refractivity (Wildman–Crippen MR) is 74.9 cm³/mol. The van der Waals surface area contributed by atoms with Gasteiger partial charge >= 0.3 is 0 Å². The van der Waals surface area contributed by atoms with E-state index in [9.17, 15) is 4.39 Å². The van der Waals surface area contributed by atoms with Crippen LogP contribution in [0.5, 0.6) is 0 Å². The molecule has 2 heterocycles. The monoisotopic (exact) mass is 323 g/mol. The Morgan fingerprint density at radius 3 is 2.78 bits per heavy atom. The van der Waals surface area contributed by atoms with E-state index in [-0.39, 0.29) is 11.6 Å². The Labute approximate surface area is 115 Å². The van der Waals surface area contributed by atoms with Crippen molar-refractivity contribution in [3.63, 3.8) is 0 Å². The fourth-order valence-electron chi connectivity index (χ4n) is 1.68. The molecule has 2 aromatic heterocycles. The van der Waals surface area contributed by atoms with Crippen molar-refractivity contribution in [3.8, 4) is 11.4 Å². The third-order valence-corrected chi connectivity index (χ3v) is 4.02. The molecule has 0 aliphatic rings. The highest BCUT2D eigenvalue weighted by Crippen LogP contribution is 2.29. The zero-order valence-corrected chi connectivity index (χ0v) is 11.4. The number of fused-ring (bicyclic) bond motifs is 1. The Kier molecular flexibility index (Phi) is 2.76. The fourth-order valence-corrected chi connectivity index (χ4v) is 2.82. The van der Waals surface area contributed by atoms with Gasteiger partial charge in [0, 0.05) is 16.3 Å². The van der Waals surface area contributed by atoms with Crippen LogP contribution in [-0.2, 0) is 0 Å². The summed E-state index contributed by atoms with van der Waals surface area (Å²) in [5.41, 5.74) is 7.38. The third kappa shape index (κ3) is 1.97. The molecule has 0 amide bonds. The van der Waals surface area contributed by atoms with Crippen molar-refractivity contribution < 1.29 is 4.39 Å². The standard InChI is InChI=1S/C12H7BrFN3S/c13-10-3-6(5-18-10)12-16-9-2-1-7(14)4-8(9)11(15)17-12/h1-5H,(H2,15,16,17). The van der Waals surface area contributed by atoms with Crippen molar-refractivity contribution in [1.29, 1.82) is 0 Å². The Hall–Kier alpha value is -1.53. The molecule has 2 N–H and O–H groups in total. The molecule has 0 fully saturated rings. The fraction of sp³-hybridized carbons (Fsp3) is 0. The lowest BCUT2D eigenvalue weighted by atomic mass is 10.2. The highest BCUT2D eigenvalue weighted by Gasteiger charge is 2.09. The minimum Gasteiger partial charge on any atom is -0.383 e. The molecular weight excluding hydrogens is 317 g/mol. The summed E-state index contributed by atoms with van der Waals surface area (Å²) in [5.74, 6) is 0.495. The topological polar surface area (TPSA) is 51.8 Å². The maximum Gasteiger partial charge on any atom is 0.163 e. The average Bonchev–Trinajstić information content (AvgIpc) is 2.77. The molecule has 0 radical (unpaired) electrons. The number of nitrogens with zero attached hydrogens (tertiary/aromatic N) is 2. The number of nitrogen functional groups attached to an aromatic ring is 1. The van der Waals surface area contributed by atoms with E-state index in [1.54, 1.807) is 17.4 Å². The van der Waals surface area contributed by atoms with Gasteiger partial charge in [-0.1, -0.05) is 0 Å². The zero-order chi connectivity index (χ0) is 12.7. The number of benzene rings is 1. The highest BCUT2D eigenvalue weighted by molar-refractivity contribution is 9.11. The van der Waals surface area contributed by atoms with Crippen LogP contribution in [0.3, 0.4) is 0 Å². The van der Waals surface area contributed by atoms with E-state index < -0.39 is 0 Å². The van der Waals surface area contributed by atoms with E-state index in [2.05, 4.69) is 25.9 Å². The van der Waals surface area contributed by atoms with Gasteiger partial charge in [-0.2, -0.15) is 0 Å². The second-order valence-corrected chi connectivity index (χ2v) is 6.02. The van der Waals surface area contributed by atoms with Gasteiger partial charge in [0.05, 0.1) is 9.30 Å². The van der Waals surface area contributed by atoms with E-state index in [4.69, 9.17) is 5.73 Å². The minimum absolute atomic E-state index is 0.289. The number of aromatic nitrogens is 2. The van der Waals surface area contributed by atoms with Gasteiger partial charge in [-0.3, -0.25) is 0 Å². The first-order chi connectivity index (χ1) is 8.63. The summed E-state index contributed by atoms with van der Waals surface area (Å²) in [6, 6.07) is 6.24. The van der Waals surface area contributed by atoms with Crippen LogP contribution in [0.4, 0.5) is 10.2 Å². The summed E-state index contributed by atoms with van der Waals surface area (Å²) >= 11 is 4.94. The molecule has 0 aliphatic heterocycles. The number of anilines is 1. The van der Waals surface area contributed by atoms with Crippen LogP contribution >= 0.6 is 27.3 Å². The maximum atomic E-state index is 13.1. The van der Waals surface area contributed by atoms with Crippen LogP contribution < -0.4 is 5.73 Å². The second-order valence-electron chi connectivity index (χ2n) is 3.73. The predicted octanol–water partition coefficient (Wildman–Crippen LogP) is 3.84. The van der Waals surface area contributed by atoms with Crippen LogP contribution in [-0.4, -0.2) is 9.97 Å². The smallest absolute Gasteiger partial charge is 0.163 e. The van der Waals surface area contributed by atoms with Gasteiger partial charge in [0.15, 0.2) is 5.82 Å². The summed E-state index contributed by atoms with van der Waals surface area (Å²) < 4.78 is 14.1. The summed E-state index contributed by atoms with van der Waals surface area (Å²) in [7, 11) is 0. The normalized spacial score (nSPS) is 11.0. The van der Waals surface area contributed by atoms with E-state index >= 15 is 0 Å². The molecule has 0 aliphatic carbocycles. The summed E-state index contributed by atoms with van der Waals surface area (Å²) in [4.78, 5) is 8.60. The Morgan fingerprint density at radius 1 is 1.22 bits per heavy atom. The van der Waals surface area contributed by atoms with Crippen LogP contribution in [0, 0.1) is 5.82 Å². The van der Waals surface area contributed by atoms with Crippen LogP contribution in [0.15, 0.2) is 33.4 Å². The molecule has 0 unspecified atom stereocenters. The van der Waals surface area contributed by atoms with Gasteiger partial charge in [0.2, 0.25) is 0 Å². The zero-order valence-electron chi connectivity index (χ0n) is 9.02. The molecule has 0 spiro atoms. The SMILES string of the molecule is Nc1nc(-c2csc(Br)c2)nc2ccc(F)cc12. The lowest BCUT2D eigenvalue weighted by molar-refractivity contribution is 0.629.